The monoisotopic (exact) mass is 203 g/mol. The van der Waals surface area contributed by atoms with Crippen LogP contribution in [-0.2, 0) is 0 Å². The zero-order valence-electron chi connectivity index (χ0n) is 6.77. The second-order valence-corrected chi connectivity index (χ2v) is 2.87. The molecule has 2 rings (SSSR count). The van der Waals surface area contributed by atoms with Crippen LogP contribution in [0.1, 0.15) is 0 Å². The maximum atomic E-state index is 12.9. The number of rotatable bonds is 1. The molecule has 0 spiro atoms. The van der Waals surface area contributed by atoms with E-state index in [0.29, 0.717) is 0 Å². The van der Waals surface area contributed by atoms with Crippen molar-refractivity contribution < 1.29 is 17.3 Å². The van der Waals surface area contributed by atoms with Crippen LogP contribution in [0.5, 0.6) is 0 Å². The van der Waals surface area contributed by atoms with E-state index in [2.05, 4.69) is 10.2 Å². The summed E-state index contributed by atoms with van der Waals surface area (Å²) in [5, 5.41) is 5.56. The van der Waals surface area contributed by atoms with E-state index in [-0.39, 0.29) is 10.9 Å². The Bertz CT molecular complexity index is 476. The molecule has 1 aromatic carbocycles. The molecular formula is C7H4BF4N2-. The Morgan fingerprint density at radius 3 is 2.57 bits per heavy atom. The predicted octanol–water partition coefficient (Wildman–Crippen LogP) is 1.76. The zero-order chi connectivity index (χ0) is 10.3. The number of nitrogens with one attached hydrogen (secondary N) is 1. The molecule has 0 bridgehead atoms. The molecule has 0 saturated heterocycles. The minimum Gasteiger partial charge on any atom is -0.445 e. The first-order chi connectivity index (χ1) is 6.50. The summed E-state index contributed by atoms with van der Waals surface area (Å²) in [5.41, 5.74) is -1.03. The average Bonchev–Trinajstić information content (AvgIpc) is 2.48. The van der Waals surface area contributed by atoms with Gasteiger partial charge < -0.3 is 12.9 Å². The van der Waals surface area contributed by atoms with Gasteiger partial charge in [0.25, 0.3) is 0 Å². The lowest BCUT2D eigenvalue weighted by molar-refractivity contribution is 0.495. The van der Waals surface area contributed by atoms with E-state index in [1.54, 1.807) is 0 Å². The van der Waals surface area contributed by atoms with Crippen LogP contribution in [0.25, 0.3) is 10.9 Å². The molecule has 7 heteroatoms. The molecule has 1 heterocycles. The Balaban J connectivity index is 2.83. The highest BCUT2D eigenvalue weighted by molar-refractivity contribution is 6.76. The first-order valence-electron chi connectivity index (χ1n) is 3.81. The fourth-order valence-corrected chi connectivity index (χ4v) is 1.35. The standard InChI is InChI=1S/C7H4BF4N2/c9-5-1-2-6-4(3-13-14-6)7(5)8(10,11)12/h1-3H,(H,13,14)/q-1. The Labute approximate surface area is 76.0 Å². The van der Waals surface area contributed by atoms with Crippen LogP contribution in [0.4, 0.5) is 17.3 Å². The van der Waals surface area contributed by atoms with E-state index in [9.17, 15) is 17.3 Å². The molecule has 0 radical (unpaired) electrons. The Morgan fingerprint density at radius 1 is 1.21 bits per heavy atom. The Morgan fingerprint density at radius 2 is 1.93 bits per heavy atom. The van der Waals surface area contributed by atoms with E-state index >= 15 is 0 Å². The molecule has 74 valence electrons. The molecule has 0 fully saturated rings. The molecular weight excluding hydrogens is 199 g/mol. The fraction of sp³-hybridized carbons (Fsp3) is 0. The van der Waals surface area contributed by atoms with Crippen molar-refractivity contribution in [2.24, 2.45) is 0 Å². The number of aromatic amines is 1. The maximum Gasteiger partial charge on any atom is 0.513 e. The number of fused-ring (bicyclic) bond motifs is 1. The highest BCUT2D eigenvalue weighted by Crippen LogP contribution is 2.18. The third-order valence-corrected chi connectivity index (χ3v) is 1.94. The summed E-state index contributed by atoms with van der Waals surface area (Å²) in [7, 11) is 0. The van der Waals surface area contributed by atoms with Gasteiger partial charge in [-0.05, 0) is 17.5 Å². The van der Waals surface area contributed by atoms with E-state index in [1.165, 1.54) is 6.07 Å². The van der Waals surface area contributed by atoms with Crippen molar-refractivity contribution in [3.8, 4) is 0 Å². The third-order valence-electron chi connectivity index (χ3n) is 1.94. The highest BCUT2D eigenvalue weighted by Gasteiger charge is 2.31. The lowest BCUT2D eigenvalue weighted by atomic mass is 9.77. The van der Waals surface area contributed by atoms with Gasteiger partial charge in [-0.1, -0.05) is 5.46 Å². The van der Waals surface area contributed by atoms with Gasteiger partial charge in [-0.15, -0.1) is 0 Å². The van der Waals surface area contributed by atoms with Gasteiger partial charge in [-0.2, -0.15) is 5.10 Å². The van der Waals surface area contributed by atoms with Crippen molar-refractivity contribution in [1.29, 1.82) is 0 Å². The minimum absolute atomic E-state index is 0.181. The second kappa shape index (κ2) is 2.73. The predicted molar refractivity (Wildman–Crippen MR) is 44.8 cm³/mol. The lowest BCUT2D eigenvalue weighted by Gasteiger charge is -2.16. The number of hydrogen-bond donors (Lipinski definition) is 1. The first-order valence-corrected chi connectivity index (χ1v) is 3.81. The summed E-state index contributed by atoms with van der Waals surface area (Å²) in [6.45, 7) is -5.35. The molecule has 0 aliphatic carbocycles. The summed E-state index contributed by atoms with van der Waals surface area (Å²) in [5.74, 6) is -1.26. The number of H-pyrrole nitrogens is 1. The van der Waals surface area contributed by atoms with Gasteiger partial charge in [-0.3, -0.25) is 5.10 Å². The third kappa shape index (κ3) is 1.25. The number of hydrogen-bond acceptors (Lipinski definition) is 1. The Kier molecular flexibility index (Phi) is 1.76. The SMILES string of the molecule is Fc1ccc2[nH]ncc2c1[B-](F)(F)F. The Hall–Kier alpha value is -1.53. The quantitative estimate of drug-likeness (QED) is 0.555. The van der Waals surface area contributed by atoms with Crippen LogP contribution >= 0.6 is 0 Å². The molecule has 1 aromatic heterocycles. The van der Waals surface area contributed by atoms with Crippen molar-refractivity contribution in [3.05, 3.63) is 24.1 Å². The van der Waals surface area contributed by atoms with Crippen molar-refractivity contribution in [1.82, 2.24) is 10.2 Å². The molecule has 2 aromatic rings. The van der Waals surface area contributed by atoms with Gasteiger partial charge in [0.05, 0.1) is 17.5 Å². The topological polar surface area (TPSA) is 28.7 Å². The van der Waals surface area contributed by atoms with Crippen LogP contribution in [-0.4, -0.2) is 17.2 Å². The number of nitrogens with zero attached hydrogens (tertiary/aromatic N) is 1. The molecule has 1 N–H and O–H groups in total. The van der Waals surface area contributed by atoms with Gasteiger partial charge in [0.1, 0.15) is 0 Å². The van der Waals surface area contributed by atoms with Gasteiger partial charge in [-0.25, -0.2) is 4.39 Å². The first kappa shape index (κ1) is 9.05. The van der Waals surface area contributed by atoms with Crippen molar-refractivity contribution in [2.75, 3.05) is 0 Å². The van der Waals surface area contributed by atoms with Crippen LogP contribution in [0.3, 0.4) is 0 Å². The lowest BCUT2D eigenvalue weighted by Crippen LogP contribution is -2.37. The summed E-state index contributed by atoms with van der Waals surface area (Å²) in [6, 6.07) is 2.01. The summed E-state index contributed by atoms with van der Waals surface area (Å²) in [4.78, 5) is 0. The number of benzene rings is 1. The van der Waals surface area contributed by atoms with Crippen LogP contribution in [0.2, 0.25) is 0 Å². The van der Waals surface area contributed by atoms with Gasteiger partial charge in [0, 0.05) is 0 Å². The van der Waals surface area contributed by atoms with E-state index in [4.69, 9.17) is 0 Å². The normalized spacial score (nSPS) is 12.3. The molecule has 0 unspecified atom stereocenters. The fourth-order valence-electron chi connectivity index (χ4n) is 1.35. The van der Waals surface area contributed by atoms with Crippen molar-refractivity contribution in [3.63, 3.8) is 0 Å². The smallest absolute Gasteiger partial charge is 0.445 e. The summed E-state index contributed by atoms with van der Waals surface area (Å²) in [6.07, 6.45) is 0.975. The van der Waals surface area contributed by atoms with Gasteiger partial charge in [0.15, 0.2) is 0 Å². The van der Waals surface area contributed by atoms with Crippen LogP contribution < -0.4 is 5.46 Å². The molecule has 0 saturated carbocycles. The van der Waals surface area contributed by atoms with Gasteiger partial charge in [0.2, 0.25) is 0 Å². The van der Waals surface area contributed by atoms with Crippen molar-refractivity contribution in [2.45, 2.75) is 0 Å². The largest absolute Gasteiger partial charge is 0.513 e. The molecule has 14 heavy (non-hydrogen) atoms. The number of aromatic nitrogens is 2. The van der Waals surface area contributed by atoms with Crippen LogP contribution in [0, 0.1) is 5.82 Å². The summed E-state index contributed by atoms with van der Waals surface area (Å²) >= 11 is 0. The highest BCUT2D eigenvalue weighted by atomic mass is 19.4. The van der Waals surface area contributed by atoms with Crippen LogP contribution in [0.15, 0.2) is 18.3 Å². The van der Waals surface area contributed by atoms with Gasteiger partial charge >= 0.3 is 6.98 Å². The molecule has 0 atom stereocenters. The minimum atomic E-state index is -5.35. The number of halogens is 4. The summed E-state index contributed by atoms with van der Waals surface area (Å²) < 4.78 is 50.3. The van der Waals surface area contributed by atoms with E-state index in [0.717, 1.165) is 12.3 Å². The maximum absolute atomic E-state index is 12.9. The van der Waals surface area contributed by atoms with E-state index < -0.39 is 18.3 Å². The van der Waals surface area contributed by atoms with E-state index in [1.807, 2.05) is 0 Å². The zero-order valence-corrected chi connectivity index (χ0v) is 6.77. The molecule has 2 nitrogen and oxygen atoms in total. The van der Waals surface area contributed by atoms with Crippen molar-refractivity contribution >= 4 is 23.3 Å². The second-order valence-electron chi connectivity index (χ2n) is 2.87. The average molecular weight is 203 g/mol. The molecule has 0 aliphatic heterocycles. The molecule has 0 amide bonds. The molecule has 0 aliphatic rings.